The summed E-state index contributed by atoms with van der Waals surface area (Å²) >= 11 is 0. The summed E-state index contributed by atoms with van der Waals surface area (Å²) < 4.78 is 21.2. The summed E-state index contributed by atoms with van der Waals surface area (Å²) in [5.41, 5.74) is 8.76. The molecule has 0 heterocycles. The van der Waals surface area contributed by atoms with E-state index in [1.54, 1.807) is 14.2 Å². The van der Waals surface area contributed by atoms with E-state index in [1.807, 2.05) is 56.3 Å². The van der Waals surface area contributed by atoms with Gasteiger partial charge in [-0.3, -0.25) is 10.2 Å². The molecule has 0 saturated carbocycles. The molecule has 3 aromatic rings. The average molecular weight is 510 g/mol. The van der Waals surface area contributed by atoms with Gasteiger partial charge in [-0.1, -0.05) is 60.4 Å². The van der Waals surface area contributed by atoms with Crippen LogP contribution in [0.4, 0.5) is 0 Å². The van der Waals surface area contributed by atoms with Crippen molar-refractivity contribution >= 4 is 14.4 Å². The minimum Gasteiger partial charge on any atom is -0.496 e. The standard InChI is InChI=1S/C25H28N2O3.C4H9OP/c1-15-14-16(2)22(25(28)27-26)17(3)21(15)23(18-10-7-6-8-11-18)24-19(29-4)12-9-13-20(24)30-5;1-2-3-4-6-5/h6-14,23H,26H2,1-5H3,(H,27,28);2-4H2,1H3/p+1. The van der Waals surface area contributed by atoms with Crippen LogP contribution in [0.25, 0.3) is 0 Å². The number of nitrogens with two attached hydrogens (primary N) is 1. The number of nitrogen functional groups attached to an aromatic ring is 1. The molecule has 36 heavy (non-hydrogen) atoms. The Kier molecular flexibility index (Phi) is 11.6. The van der Waals surface area contributed by atoms with Gasteiger partial charge in [0.15, 0.2) is 0 Å². The zero-order valence-electron chi connectivity index (χ0n) is 22.1. The molecule has 0 aromatic heterocycles. The van der Waals surface area contributed by atoms with Gasteiger partial charge in [0.25, 0.3) is 5.91 Å². The number of carbonyl (C=O) groups excluding carboxylic acids is 1. The number of rotatable bonds is 9. The first-order valence-electron chi connectivity index (χ1n) is 12.1. The Morgan fingerprint density at radius 3 is 2.03 bits per heavy atom. The van der Waals surface area contributed by atoms with Crippen molar-refractivity contribution in [3.8, 4) is 11.5 Å². The second-order valence-corrected chi connectivity index (χ2v) is 9.35. The molecule has 0 aliphatic heterocycles. The maximum atomic E-state index is 12.6. The van der Waals surface area contributed by atoms with E-state index < -0.39 is 0 Å². The van der Waals surface area contributed by atoms with Crippen molar-refractivity contribution in [1.29, 1.82) is 0 Å². The molecule has 7 heteroatoms. The highest BCUT2D eigenvalue weighted by Gasteiger charge is 2.29. The van der Waals surface area contributed by atoms with Crippen molar-refractivity contribution in [2.75, 3.05) is 20.4 Å². The number of hydrogen-bond donors (Lipinski definition) is 2. The summed E-state index contributed by atoms with van der Waals surface area (Å²) in [5.74, 6) is 6.44. The average Bonchev–Trinajstić information content (AvgIpc) is 2.89. The molecular weight excluding hydrogens is 471 g/mol. The van der Waals surface area contributed by atoms with E-state index in [0.29, 0.717) is 5.56 Å². The predicted molar refractivity (Wildman–Crippen MR) is 148 cm³/mol. The van der Waals surface area contributed by atoms with E-state index in [-0.39, 0.29) is 20.3 Å². The number of hydrogen-bond acceptors (Lipinski definition) is 5. The second kappa shape index (κ2) is 14.4. The Labute approximate surface area is 216 Å². The third-order valence-corrected chi connectivity index (χ3v) is 6.76. The topological polar surface area (TPSA) is 90.6 Å². The summed E-state index contributed by atoms with van der Waals surface area (Å²) in [6.45, 7) is 8.06. The SMILES string of the molecule is CCCC[PH+]=O.COc1cccc(OC)c1C(c1ccccc1)c1c(C)cc(C)c(C(=O)NN)c1C. The van der Waals surface area contributed by atoms with Crippen LogP contribution < -0.4 is 20.7 Å². The lowest BCUT2D eigenvalue weighted by molar-refractivity contribution is 0.0952. The van der Waals surface area contributed by atoms with Crippen LogP contribution in [0.15, 0.2) is 54.6 Å². The molecule has 3 rings (SSSR count). The lowest BCUT2D eigenvalue weighted by Gasteiger charge is -2.27. The minimum absolute atomic E-state index is 0.0854. The van der Waals surface area contributed by atoms with Gasteiger partial charge < -0.3 is 9.47 Å². The van der Waals surface area contributed by atoms with Crippen molar-refractivity contribution in [2.45, 2.75) is 46.5 Å². The molecule has 0 saturated heterocycles. The van der Waals surface area contributed by atoms with Gasteiger partial charge >= 0.3 is 8.46 Å². The van der Waals surface area contributed by atoms with Crippen LogP contribution >= 0.6 is 8.46 Å². The highest BCUT2D eigenvalue weighted by Crippen LogP contribution is 2.45. The number of nitrogens with one attached hydrogen (secondary N) is 1. The van der Waals surface area contributed by atoms with E-state index in [4.69, 9.17) is 15.3 Å². The number of aryl methyl sites for hydroxylation is 2. The largest absolute Gasteiger partial charge is 0.496 e. The maximum Gasteiger partial charge on any atom is 0.324 e. The van der Waals surface area contributed by atoms with Crippen LogP contribution in [0.1, 0.15) is 69.4 Å². The number of hydrazine groups is 1. The van der Waals surface area contributed by atoms with E-state index in [2.05, 4.69) is 31.4 Å². The van der Waals surface area contributed by atoms with Gasteiger partial charge in [-0.15, -0.1) is 0 Å². The molecule has 6 nitrogen and oxygen atoms in total. The first-order chi connectivity index (χ1) is 17.4. The molecular formula is C29H38N2O4P+. The lowest BCUT2D eigenvalue weighted by atomic mass is 9.78. The minimum atomic E-state index is -0.301. The number of unbranched alkanes of at least 4 members (excludes halogenated alkanes) is 1. The lowest BCUT2D eigenvalue weighted by Crippen LogP contribution is -2.31. The Morgan fingerprint density at radius 1 is 0.944 bits per heavy atom. The van der Waals surface area contributed by atoms with Gasteiger partial charge in [0.1, 0.15) is 17.7 Å². The summed E-state index contributed by atoms with van der Waals surface area (Å²) in [6.07, 6.45) is 3.16. The van der Waals surface area contributed by atoms with Crippen LogP contribution in [0.2, 0.25) is 0 Å². The molecule has 1 amide bonds. The maximum absolute atomic E-state index is 12.6. The molecule has 0 radical (unpaired) electrons. The van der Waals surface area contributed by atoms with E-state index in [9.17, 15) is 9.36 Å². The third kappa shape index (κ3) is 6.71. The highest BCUT2D eigenvalue weighted by atomic mass is 31.1. The van der Waals surface area contributed by atoms with Gasteiger partial charge in [0, 0.05) is 17.0 Å². The van der Waals surface area contributed by atoms with Crippen molar-refractivity contribution in [2.24, 2.45) is 5.84 Å². The van der Waals surface area contributed by atoms with Crippen molar-refractivity contribution < 1.29 is 18.8 Å². The molecule has 0 fully saturated rings. The fraction of sp³-hybridized carbons (Fsp3) is 0.345. The van der Waals surface area contributed by atoms with Crippen LogP contribution in [-0.2, 0) is 4.57 Å². The monoisotopic (exact) mass is 509 g/mol. The summed E-state index contributed by atoms with van der Waals surface area (Å²) in [6, 6.07) is 18.0. The van der Waals surface area contributed by atoms with Gasteiger partial charge in [-0.05, 0) is 67.1 Å². The first-order valence-corrected chi connectivity index (χ1v) is 13.2. The number of amides is 1. The Bertz CT molecular complexity index is 1140. The normalized spacial score (nSPS) is 11.3. The Morgan fingerprint density at radius 2 is 1.56 bits per heavy atom. The van der Waals surface area contributed by atoms with Gasteiger partial charge in [-0.2, -0.15) is 0 Å². The fourth-order valence-corrected chi connectivity index (χ4v) is 5.10. The van der Waals surface area contributed by atoms with Gasteiger partial charge in [-0.25, -0.2) is 5.84 Å². The molecule has 0 aliphatic rings. The van der Waals surface area contributed by atoms with Crippen molar-refractivity contribution in [1.82, 2.24) is 5.43 Å². The van der Waals surface area contributed by atoms with E-state index in [0.717, 1.165) is 63.9 Å². The fourth-order valence-electron chi connectivity index (χ4n) is 4.60. The molecule has 192 valence electrons. The smallest absolute Gasteiger partial charge is 0.324 e. The van der Waals surface area contributed by atoms with Crippen LogP contribution in [0.3, 0.4) is 0 Å². The highest BCUT2D eigenvalue weighted by molar-refractivity contribution is 7.23. The summed E-state index contributed by atoms with van der Waals surface area (Å²) in [5, 5.41) is 0. The molecule has 2 unspecified atom stereocenters. The predicted octanol–water partition coefficient (Wildman–Crippen LogP) is 6.22. The van der Waals surface area contributed by atoms with Gasteiger partial charge in [0.05, 0.1) is 14.2 Å². The molecule has 0 bridgehead atoms. The van der Waals surface area contributed by atoms with Crippen LogP contribution in [0.5, 0.6) is 11.5 Å². The third-order valence-electron chi connectivity index (χ3n) is 6.20. The number of carbonyl (C=O) groups is 1. The zero-order valence-corrected chi connectivity index (χ0v) is 23.1. The molecule has 0 spiro atoms. The van der Waals surface area contributed by atoms with Crippen molar-refractivity contribution in [3.63, 3.8) is 0 Å². The van der Waals surface area contributed by atoms with Crippen LogP contribution in [0, 0.1) is 20.8 Å². The molecule has 0 aliphatic carbocycles. The van der Waals surface area contributed by atoms with Gasteiger partial charge in [0.2, 0.25) is 0 Å². The number of benzene rings is 3. The Balaban J connectivity index is 0.000000678. The number of ether oxygens (including phenoxy) is 2. The Hall–Kier alpha value is -3.21. The zero-order chi connectivity index (χ0) is 26.7. The molecule has 3 N–H and O–H groups in total. The van der Waals surface area contributed by atoms with E-state index >= 15 is 0 Å². The molecule has 2 atom stereocenters. The molecule has 3 aromatic carbocycles. The van der Waals surface area contributed by atoms with Crippen LogP contribution in [-0.4, -0.2) is 26.3 Å². The van der Waals surface area contributed by atoms with E-state index in [1.165, 1.54) is 0 Å². The first kappa shape index (κ1) is 29.0. The van der Waals surface area contributed by atoms with Crippen molar-refractivity contribution in [3.05, 3.63) is 93.5 Å². The summed E-state index contributed by atoms with van der Waals surface area (Å²) in [7, 11) is 3.23. The number of methoxy groups -OCH3 is 2. The quantitative estimate of drug-likeness (QED) is 0.0892. The second-order valence-electron chi connectivity index (χ2n) is 8.57. The summed E-state index contributed by atoms with van der Waals surface area (Å²) in [4.78, 5) is 12.6.